The summed E-state index contributed by atoms with van der Waals surface area (Å²) in [6.07, 6.45) is 10.5. The maximum Gasteiger partial charge on any atom is 0.0780 e. The molecule has 0 aromatic rings. The highest BCUT2D eigenvalue weighted by molar-refractivity contribution is 6.33. The van der Waals surface area contributed by atoms with Gasteiger partial charge in [-0.1, -0.05) is 25.8 Å². The second-order valence-electron chi connectivity index (χ2n) is 3.11. The smallest absolute Gasteiger partial charge is 0.0780 e. The van der Waals surface area contributed by atoms with Gasteiger partial charge in [0.05, 0.1) is 29.5 Å². The summed E-state index contributed by atoms with van der Waals surface area (Å²) < 4.78 is 0. The molecule has 0 unspecified atom stereocenters. The number of hydrogen-bond donors (Lipinski definition) is 0. The van der Waals surface area contributed by atoms with Crippen molar-refractivity contribution < 1.29 is 0 Å². The van der Waals surface area contributed by atoms with E-state index in [9.17, 15) is 0 Å². The van der Waals surface area contributed by atoms with E-state index in [0.717, 1.165) is 17.8 Å². The van der Waals surface area contributed by atoms with Crippen LogP contribution in [0.3, 0.4) is 0 Å². The molecule has 0 spiro atoms. The normalized spacial score (nSPS) is 15.5. The molecule has 86 valence electrons. The maximum absolute atomic E-state index is 4.30. The van der Waals surface area contributed by atoms with Gasteiger partial charge in [-0.15, -0.1) is 0 Å². The Bertz CT molecular complexity index is 462. The first-order valence-electron chi connectivity index (χ1n) is 5.05. The summed E-state index contributed by atoms with van der Waals surface area (Å²) in [5.74, 6) is 0. The third kappa shape index (κ3) is 4.79. The monoisotopic (exact) mass is 226 g/mol. The molecule has 0 amide bonds. The van der Waals surface area contributed by atoms with Gasteiger partial charge in [0, 0.05) is 25.0 Å². The quantitative estimate of drug-likeness (QED) is 0.625. The van der Waals surface area contributed by atoms with E-state index in [1.54, 1.807) is 12.4 Å². The zero-order valence-corrected chi connectivity index (χ0v) is 9.58. The number of allylic oxidation sites excluding steroid dienone is 3. The molecule has 1 aliphatic heterocycles. The first-order valence-corrected chi connectivity index (χ1v) is 5.05. The Balaban J connectivity index is 2.55. The minimum atomic E-state index is 0.556. The number of hydrogen-bond acceptors (Lipinski definition) is 4. The third-order valence-electron chi connectivity index (χ3n) is 1.81. The molecule has 0 N–H and O–H groups in total. The zero-order valence-electron chi connectivity index (χ0n) is 9.58. The van der Waals surface area contributed by atoms with E-state index in [0.29, 0.717) is 5.70 Å². The van der Waals surface area contributed by atoms with Crippen molar-refractivity contribution >= 4 is 24.4 Å². The first-order chi connectivity index (χ1) is 8.26. The third-order valence-corrected chi connectivity index (χ3v) is 1.81. The fourth-order valence-corrected chi connectivity index (χ4v) is 1.09. The van der Waals surface area contributed by atoms with E-state index in [2.05, 4.69) is 39.7 Å². The lowest BCUT2D eigenvalue weighted by Crippen LogP contribution is -1.95. The Kier molecular flexibility index (Phi) is 5.24. The van der Waals surface area contributed by atoms with E-state index in [4.69, 9.17) is 0 Å². The van der Waals surface area contributed by atoms with E-state index in [-0.39, 0.29) is 0 Å². The van der Waals surface area contributed by atoms with Gasteiger partial charge in [-0.25, -0.2) is 0 Å². The molecule has 0 fully saturated rings. The fourth-order valence-electron chi connectivity index (χ4n) is 1.09. The van der Waals surface area contributed by atoms with Gasteiger partial charge in [0.25, 0.3) is 0 Å². The Morgan fingerprint density at radius 2 is 2.00 bits per heavy atom. The maximum atomic E-state index is 4.30. The Morgan fingerprint density at radius 3 is 2.71 bits per heavy atom. The second kappa shape index (κ2) is 7.00. The van der Waals surface area contributed by atoms with Crippen LogP contribution in [0.15, 0.2) is 69.6 Å². The SMILES string of the molecule is C=CN=CC(=C)N=CC1=NC(C=NC=C)=CC1. The van der Waals surface area contributed by atoms with E-state index < -0.39 is 0 Å². The number of aliphatic imine (C=N–C) groups is 4. The second-order valence-corrected chi connectivity index (χ2v) is 3.11. The summed E-state index contributed by atoms with van der Waals surface area (Å²) in [6.45, 7) is 10.7. The van der Waals surface area contributed by atoms with Crippen LogP contribution >= 0.6 is 0 Å². The standard InChI is InChI=1S/C13H14N4/c1-4-14-8-11(3)16-10-13-7-6-12(17-13)9-15-5-2/h4-6,8-10H,1-3,7H2. The predicted octanol–water partition coefficient (Wildman–Crippen LogP) is 2.73. The summed E-state index contributed by atoms with van der Waals surface area (Å²) in [5.41, 5.74) is 2.24. The molecule has 17 heavy (non-hydrogen) atoms. The molecule has 4 heteroatoms. The van der Waals surface area contributed by atoms with Crippen molar-refractivity contribution in [2.45, 2.75) is 6.42 Å². The van der Waals surface area contributed by atoms with Gasteiger partial charge in [-0.05, 0) is 0 Å². The zero-order chi connectivity index (χ0) is 12.5. The summed E-state index contributed by atoms with van der Waals surface area (Å²) >= 11 is 0. The summed E-state index contributed by atoms with van der Waals surface area (Å²) in [6, 6.07) is 0. The van der Waals surface area contributed by atoms with Gasteiger partial charge in [-0.3, -0.25) is 20.0 Å². The molecule has 1 rings (SSSR count). The van der Waals surface area contributed by atoms with Crippen LogP contribution in [0.25, 0.3) is 0 Å². The average Bonchev–Trinajstić information content (AvgIpc) is 2.79. The van der Waals surface area contributed by atoms with Crippen molar-refractivity contribution in [2.24, 2.45) is 20.0 Å². The van der Waals surface area contributed by atoms with Gasteiger partial charge < -0.3 is 0 Å². The highest BCUT2D eigenvalue weighted by Crippen LogP contribution is 2.07. The molecule has 0 aliphatic carbocycles. The van der Waals surface area contributed by atoms with Crippen molar-refractivity contribution in [3.63, 3.8) is 0 Å². The topological polar surface area (TPSA) is 49.4 Å². The molecule has 1 heterocycles. The molecule has 0 aromatic heterocycles. The van der Waals surface area contributed by atoms with Crippen molar-refractivity contribution in [1.82, 2.24) is 0 Å². The van der Waals surface area contributed by atoms with E-state index in [1.807, 2.05) is 6.08 Å². The van der Waals surface area contributed by atoms with Crippen LogP contribution in [-0.4, -0.2) is 24.4 Å². The summed E-state index contributed by atoms with van der Waals surface area (Å²) in [4.78, 5) is 16.1. The fraction of sp³-hybridized carbons (Fsp3) is 0.0769. The summed E-state index contributed by atoms with van der Waals surface area (Å²) in [7, 11) is 0. The minimum Gasteiger partial charge on any atom is -0.263 e. The Morgan fingerprint density at radius 1 is 1.24 bits per heavy atom. The van der Waals surface area contributed by atoms with Gasteiger partial charge in [0.2, 0.25) is 0 Å². The van der Waals surface area contributed by atoms with Crippen LogP contribution in [0, 0.1) is 0 Å². The van der Waals surface area contributed by atoms with Crippen LogP contribution in [-0.2, 0) is 0 Å². The van der Waals surface area contributed by atoms with E-state index in [1.165, 1.54) is 18.6 Å². The molecule has 1 aliphatic rings. The van der Waals surface area contributed by atoms with Gasteiger partial charge in [-0.2, -0.15) is 0 Å². The van der Waals surface area contributed by atoms with Crippen molar-refractivity contribution in [1.29, 1.82) is 0 Å². The molecule has 0 saturated carbocycles. The van der Waals surface area contributed by atoms with Crippen LogP contribution in [0.4, 0.5) is 0 Å². The predicted molar refractivity (Wildman–Crippen MR) is 75.1 cm³/mol. The van der Waals surface area contributed by atoms with Crippen molar-refractivity contribution in [3.05, 3.63) is 49.6 Å². The number of nitrogens with zero attached hydrogens (tertiary/aromatic N) is 4. The van der Waals surface area contributed by atoms with E-state index >= 15 is 0 Å². The van der Waals surface area contributed by atoms with Crippen molar-refractivity contribution in [3.8, 4) is 0 Å². The van der Waals surface area contributed by atoms with Crippen LogP contribution in [0.5, 0.6) is 0 Å². The van der Waals surface area contributed by atoms with Crippen LogP contribution < -0.4 is 0 Å². The summed E-state index contributed by atoms with van der Waals surface area (Å²) in [5, 5.41) is 0. The highest BCUT2D eigenvalue weighted by Gasteiger charge is 2.03. The van der Waals surface area contributed by atoms with Gasteiger partial charge >= 0.3 is 0 Å². The molecule has 4 nitrogen and oxygen atoms in total. The minimum absolute atomic E-state index is 0.556. The first kappa shape index (κ1) is 12.7. The lowest BCUT2D eigenvalue weighted by Gasteiger charge is -1.89. The molecule has 0 aromatic carbocycles. The van der Waals surface area contributed by atoms with Crippen molar-refractivity contribution in [2.75, 3.05) is 0 Å². The van der Waals surface area contributed by atoms with Crippen LogP contribution in [0.2, 0.25) is 0 Å². The largest absolute Gasteiger partial charge is 0.263 e. The molecule has 0 bridgehead atoms. The number of rotatable bonds is 6. The average molecular weight is 226 g/mol. The lowest BCUT2D eigenvalue weighted by atomic mass is 10.3. The molecule has 0 saturated heterocycles. The Hall–Kier alpha value is -2.36. The van der Waals surface area contributed by atoms with Crippen LogP contribution in [0.1, 0.15) is 6.42 Å². The molecular weight excluding hydrogens is 212 g/mol. The van der Waals surface area contributed by atoms with Gasteiger partial charge in [0.15, 0.2) is 0 Å². The molecule has 0 radical (unpaired) electrons. The molecule has 0 atom stereocenters. The highest BCUT2D eigenvalue weighted by atomic mass is 14.8. The Labute approximate surface area is 101 Å². The lowest BCUT2D eigenvalue weighted by molar-refractivity contribution is 1.48. The van der Waals surface area contributed by atoms with Gasteiger partial charge in [0.1, 0.15) is 0 Å². The molecular formula is C13H14N4.